The van der Waals surface area contributed by atoms with Gasteiger partial charge in [0.1, 0.15) is 0 Å². The van der Waals surface area contributed by atoms with E-state index in [9.17, 15) is 5.11 Å². The molecule has 0 aliphatic carbocycles. The summed E-state index contributed by atoms with van der Waals surface area (Å²) < 4.78 is 0. The molecule has 0 amide bonds. The topological polar surface area (TPSA) is 32.3 Å². The number of aliphatic hydroxyl groups excluding tert-OH is 1. The molecular formula is C10H23NOSi. The largest absolute Gasteiger partial charge is 0.388 e. The Labute approximate surface area is 83.1 Å². The van der Waals surface area contributed by atoms with Crippen molar-refractivity contribution in [3.05, 3.63) is 11.8 Å². The third-order valence-corrected chi connectivity index (χ3v) is 2.79. The Balaban J connectivity index is 3.61. The summed E-state index contributed by atoms with van der Waals surface area (Å²) in [4.78, 5) is 0. The Hall–Kier alpha value is -0.123. The van der Waals surface area contributed by atoms with Gasteiger partial charge in [0.25, 0.3) is 0 Å². The standard InChI is InChI=1S/C10H23NOSi/c1-5-7-11-9-10(12)6-8-13(2,3)4/h6,8,10-12H,5,7,9H2,1-4H3/b8-6+/t10-/m0/s1. The van der Waals surface area contributed by atoms with Crippen LogP contribution < -0.4 is 5.32 Å². The number of hydrogen-bond acceptors (Lipinski definition) is 2. The first-order valence-electron chi connectivity index (χ1n) is 5.04. The third kappa shape index (κ3) is 9.79. The highest BCUT2D eigenvalue weighted by atomic mass is 28.3. The van der Waals surface area contributed by atoms with E-state index >= 15 is 0 Å². The fraction of sp³-hybridized carbons (Fsp3) is 0.800. The smallest absolute Gasteiger partial charge is 0.0841 e. The summed E-state index contributed by atoms with van der Waals surface area (Å²) in [5.74, 6) is 0. The minimum absolute atomic E-state index is 0.321. The molecule has 0 fully saturated rings. The molecule has 0 aromatic carbocycles. The minimum atomic E-state index is -1.14. The van der Waals surface area contributed by atoms with E-state index in [1.807, 2.05) is 6.08 Å². The van der Waals surface area contributed by atoms with Crippen molar-refractivity contribution < 1.29 is 5.11 Å². The van der Waals surface area contributed by atoms with Crippen molar-refractivity contribution >= 4 is 8.07 Å². The normalized spacial score (nSPS) is 15.2. The average Bonchev–Trinajstić information content (AvgIpc) is 2.00. The van der Waals surface area contributed by atoms with Crippen LogP contribution in [0.25, 0.3) is 0 Å². The van der Waals surface area contributed by atoms with Crippen molar-refractivity contribution in [3.63, 3.8) is 0 Å². The van der Waals surface area contributed by atoms with Crippen LogP contribution in [-0.2, 0) is 0 Å². The molecule has 13 heavy (non-hydrogen) atoms. The Morgan fingerprint density at radius 1 is 1.38 bits per heavy atom. The summed E-state index contributed by atoms with van der Waals surface area (Å²) in [7, 11) is -1.14. The molecule has 2 nitrogen and oxygen atoms in total. The van der Waals surface area contributed by atoms with Gasteiger partial charge >= 0.3 is 0 Å². The van der Waals surface area contributed by atoms with E-state index < -0.39 is 8.07 Å². The molecule has 0 unspecified atom stereocenters. The van der Waals surface area contributed by atoms with E-state index in [2.05, 4.69) is 37.6 Å². The first-order valence-corrected chi connectivity index (χ1v) is 8.61. The van der Waals surface area contributed by atoms with E-state index in [1.165, 1.54) is 0 Å². The van der Waals surface area contributed by atoms with E-state index in [4.69, 9.17) is 0 Å². The lowest BCUT2D eigenvalue weighted by Crippen LogP contribution is -2.27. The van der Waals surface area contributed by atoms with Gasteiger partial charge in [0, 0.05) is 6.54 Å². The van der Waals surface area contributed by atoms with Crippen LogP contribution in [0.15, 0.2) is 11.8 Å². The molecule has 0 aromatic heterocycles. The van der Waals surface area contributed by atoms with Gasteiger partial charge in [-0.3, -0.25) is 0 Å². The predicted molar refractivity (Wildman–Crippen MR) is 61.7 cm³/mol. The Kier molecular flexibility index (Phi) is 6.29. The first kappa shape index (κ1) is 12.9. The second kappa shape index (κ2) is 6.35. The average molecular weight is 201 g/mol. The second-order valence-corrected chi connectivity index (χ2v) is 9.56. The monoisotopic (exact) mass is 201 g/mol. The predicted octanol–water partition coefficient (Wildman–Crippen LogP) is 1.78. The Morgan fingerprint density at radius 2 is 2.00 bits per heavy atom. The molecule has 0 bridgehead atoms. The van der Waals surface area contributed by atoms with Crippen LogP contribution in [0.1, 0.15) is 13.3 Å². The molecule has 2 N–H and O–H groups in total. The molecule has 0 radical (unpaired) electrons. The van der Waals surface area contributed by atoms with Crippen LogP contribution >= 0.6 is 0 Å². The maximum Gasteiger partial charge on any atom is 0.0841 e. The van der Waals surface area contributed by atoms with E-state index in [-0.39, 0.29) is 6.10 Å². The molecule has 0 heterocycles. The first-order chi connectivity index (χ1) is 5.95. The molecule has 3 heteroatoms. The molecule has 0 aromatic rings. The van der Waals surface area contributed by atoms with Gasteiger partial charge in [-0.05, 0) is 13.0 Å². The van der Waals surface area contributed by atoms with Crippen molar-refractivity contribution in [3.8, 4) is 0 Å². The zero-order chi connectivity index (χ0) is 10.3. The van der Waals surface area contributed by atoms with Crippen molar-refractivity contribution in [2.45, 2.75) is 39.1 Å². The van der Waals surface area contributed by atoms with Crippen LogP contribution in [0, 0.1) is 0 Å². The number of hydrogen-bond donors (Lipinski definition) is 2. The molecule has 0 saturated heterocycles. The quantitative estimate of drug-likeness (QED) is 0.507. The van der Waals surface area contributed by atoms with Crippen LogP contribution in [0.2, 0.25) is 19.6 Å². The lowest BCUT2D eigenvalue weighted by Gasteiger charge is -2.11. The van der Waals surface area contributed by atoms with Gasteiger partial charge in [-0.25, -0.2) is 0 Å². The third-order valence-electron chi connectivity index (χ3n) is 1.60. The highest BCUT2D eigenvalue weighted by Gasteiger charge is 2.08. The van der Waals surface area contributed by atoms with Crippen LogP contribution in [0.3, 0.4) is 0 Å². The number of rotatable bonds is 6. The van der Waals surface area contributed by atoms with E-state index in [1.54, 1.807) is 0 Å². The summed E-state index contributed by atoms with van der Waals surface area (Å²) >= 11 is 0. The highest BCUT2D eigenvalue weighted by Crippen LogP contribution is 2.02. The van der Waals surface area contributed by atoms with Crippen molar-refractivity contribution in [1.82, 2.24) is 5.32 Å². The van der Waals surface area contributed by atoms with Gasteiger partial charge in [-0.2, -0.15) is 0 Å². The Bertz CT molecular complexity index is 151. The van der Waals surface area contributed by atoms with E-state index in [0.29, 0.717) is 6.54 Å². The van der Waals surface area contributed by atoms with Crippen LogP contribution in [0.4, 0.5) is 0 Å². The molecular weight excluding hydrogens is 178 g/mol. The summed E-state index contributed by atoms with van der Waals surface area (Å²) in [6.45, 7) is 10.6. The van der Waals surface area contributed by atoms with Gasteiger partial charge < -0.3 is 10.4 Å². The molecule has 0 aliphatic heterocycles. The summed E-state index contributed by atoms with van der Waals surface area (Å²) in [6.07, 6.45) is 2.72. The zero-order valence-electron chi connectivity index (χ0n) is 9.30. The lowest BCUT2D eigenvalue weighted by molar-refractivity contribution is 0.219. The van der Waals surface area contributed by atoms with Gasteiger partial charge in [0.05, 0.1) is 14.2 Å². The van der Waals surface area contributed by atoms with Gasteiger partial charge in [0.2, 0.25) is 0 Å². The molecule has 78 valence electrons. The summed E-state index contributed by atoms with van der Waals surface area (Å²) in [5, 5.41) is 12.7. The fourth-order valence-corrected chi connectivity index (χ4v) is 1.69. The fourth-order valence-electron chi connectivity index (χ4n) is 0.895. The van der Waals surface area contributed by atoms with Crippen LogP contribution in [-0.4, -0.2) is 32.4 Å². The van der Waals surface area contributed by atoms with Gasteiger partial charge in [-0.15, -0.1) is 0 Å². The molecule has 0 saturated carbocycles. The maximum atomic E-state index is 9.51. The van der Waals surface area contributed by atoms with Gasteiger partial charge in [-0.1, -0.05) is 38.3 Å². The summed E-state index contributed by atoms with van der Waals surface area (Å²) in [6, 6.07) is 0. The molecule has 0 rings (SSSR count). The van der Waals surface area contributed by atoms with Crippen molar-refractivity contribution in [1.29, 1.82) is 0 Å². The molecule has 1 atom stereocenters. The minimum Gasteiger partial charge on any atom is -0.388 e. The lowest BCUT2D eigenvalue weighted by atomic mass is 10.3. The van der Waals surface area contributed by atoms with Crippen molar-refractivity contribution in [2.24, 2.45) is 0 Å². The zero-order valence-corrected chi connectivity index (χ0v) is 10.3. The van der Waals surface area contributed by atoms with Crippen molar-refractivity contribution in [2.75, 3.05) is 13.1 Å². The van der Waals surface area contributed by atoms with Gasteiger partial charge in [0.15, 0.2) is 0 Å². The van der Waals surface area contributed by atoms with E-state index in [0.717, 1.165) is 13.0 Å². The highest BCUT2D eigenvalue weighted by molar-refractivity contribution is 6.80. The molecule has 0 aliphatic rings. The Morgan fingerprint density at radius 3 is 2.46 bits per heavy atom. The number of nitrogens with one attached hydrogen (secondary N) is 1. The number of aliphatic hydroxyl groups is 1. The SMILES string of the molecule is CCCNC[C@@H](O)/C=C/[Si](C)(C)C. The molecule has 0 spiro atoms. The van der Waals surface area contributed by atoms with Crippen LogP contribution in [0.5, 0.6) is 0 Å². The summed E-state index contributed by atoms with van der Waals surface area (Å²) in [5.41, 5.74) is 2.19. The maximum absolute atomic E-state index is 9.51. The second-order valence-electron chi connectivity index (χ2n) is 4.50.